The molecule has 5 heteroatoms. The molecule has 0 aromatic carbocycles. The van der Waals surface area contributed by atoms with Crippen molar-refractivity contribution in [2.75, 3.05) is 0 Å². The minimum atomic E-state index is -0.649. The molecule has 0 bridgehead atoms. The summed E-state index contributed by atoms with van der Waals surface area (Å²) in [5, 5.41) is 0. The second-order valence-corrected chi connectivity index (χ2v) is 4.25. The Labute approximate surface area is 108 Å². The summed E-state index contributed by atoms with van der Waals surface area (Å²) in [6.45, 7) is 4.57. The van der Waals surface area contributed by atoms with E-state index in [9.17, 15) is 14.4 Å². The lowest BCUT2D eigenvalue weighted by molar-refractivity contribution is -0.161. The van der Waals surface area contributed by atoms with Crippen LogP contribution in [0.2, 0.25) is 0 Å². The number of carbonyl (C=O) groups is 3. The van der Waals surface area contributed by atoms with Crippen molar-refractivity contribution in [1.82, 2.24) is 0 Å². The first-order chi connectivity index (χ1) is 8.45. The molecule has 0 radical (unpaired) electrons. The molecule has 0 N–H and O–H groups in total. The predicted octanol–water partition coefficient (Wildman–Crippen LogP) is 2.37. The largest absolute Gasteiger partial charge is 0.462 e. The third-order valence-corrected chi connectivity index (χ3v) is 2.36. The Morgan fingerprint density at radius 2 is 1.67 bits per heavy atom. The standard InChI is InChI=1S/C13H22O5/c1-4-5-6-7-8-12(17-10(2)14)9-13(16)18-11(3)15/h12H,4-9H2,1-3H3. The van der Waals surface area contributed by atoms with Crippen molar-refractivity contribution < 1.29 is 23.9 Å². The fourth-order valence-corrected chi connectivity index (χ4v) is 1.62. The van der Waals surface area contributed by atoms with Crippen LogP contribution in [0.3, 0.4) is 0 Å². The van der Waals surface area contributed by atoms with Gasteiger partial charge in [0, 0.05) is 13.8 Å². The molecular formula is C13H22O5. The number of ether oxygens (including phenoxy) is 2. The summed E-state index contributed by atoms with van der Waals surface area (Å²) in [4.78, 5) is 32.8. The maximum Gasteiger partial charge on any atom is 0.317 e. The van der Waals surface area contributed by atoms with Crippen LogP contribution in [0.4, 0.5) is 0 Å². The molecule has 0 fully saturated rings. The Kier molecular flexibility index (Phi) is 8.88. The van der Waals surface area contributed by atoms with E-state index >= 15 is 0 Å². The molecule has 1 atom stereocenters. The fraction of sp³-hybridized carbons (Fsp3) is 0.769. The van der Waals surface area contributed by atoms with Crippen LogP contribution < -0.4 is 0 Å². The number of unbranched alkanes of at least 4 members (excludes halogenated alkanes) is 3. The van der Waals surface area contributed by atoms with Gasteiger partial charge in [0.2, 0.25) is 0 Å². The molecular weight excluding hydrogens is 236 g/mol. The van der Waals surface area contributed by atoms with Gasteiger partial charge >= 0.3 is 17.9 Å². The third-order valence-electron chi connectivity index (χ3n) is 2.36. The van der Waals surface area contributed by atoms with Crippen molar-refractivity contribution in [3.63, 3.8) is 0 Å². The molecule has 0 saturated carbocycles. The van der Waals surface area contributed by atoms with Crippen LogP contribution >= 0.6 is 0 Å². The molecule has 0 spiro atoms. The van der Waals surface area contributed by atoms with Crippen molar-refractivity contribution in [3.8, 4) is 0 Å². The zero-order chi connectivity index (χ0) is 14.0. The van der Waals surface area contributed by atoms with Crippen molar-refractivity contribution >= 4 is 17.9 Å². The Balaban J connectivity index is 4.09. The fourth-order valence-electron chi connectivity index (χ4n) is 1.62. The van der Waals surface area contributed by atoms with Crippen LogP contribution in [0.25, 0.3) is 0 Å². The second kappa shape index (κ2) is 9.62. The predicted molar refractivity (Wildman–Crippen MR) is 65.7 cm³/mol. The third kappa shape index (κ3) is 9.81. The summed E-state index contributed by atoms with van der Waals surface area (Å²) in [6.07, 6.45) is 4.22. The average molecular weight is 258 g/mol. The Morgan fingerprint density at radius 3 is 2.17 bits per heavy atom. The number of rotatable bonds is 8. The Morgan fingerprint density at radius 1 is 1.00 bits per heavy atom. The first-order valence-corrected chi connectivity index (χ1v) is 6.34. The summed E-state index contributed by atoms with van der Waals surface area (Å²) < 4.78 is 9.45. The lowest BCUT2D eigenvalue weighted by Crippen LogP contribution is -2.22. The summed E-state index contributed by atoms with van der Waals surface area (Å²) in [6, 6.07) is 0. The van der Waals surface area contributed by atoms with Crippen LogP contribution in [0.5, 0.6) is 0 Å². The topological polar surface area (TPSA) is 69.7 Å². The van der Waals surface area contributed by atoms with Crippen LogP contribution in [0.15, 0.2) is 0 Å². The minimum Gasteiger partial charge on any atom is -0.462 e. The highest BCUT2D eigenvalue weighted by Gasteiger charge is 2.18. The van der Waals surface area contributed by atoms with E-state index in [1.54, 1.807) is 0 Å². The SMILES string of the molecule is CCCCCCC(CC(=O)OC(C)=O)OC(C)=O. The smallest absolute Gasteiger partial charge is 0.317 e. The lowest BCUT2D eigenvalue weighted by Gasteiger charge is -2.15. The van der Waals surface area contributed by atoms with Gasteiger partial charge in [0.1, 0.15) is 6.10 Å². The molecule has 0 saturated heterocycles. The van der Waals surface area contributed by atoms with Gasteiger partial charge in [-0.1, -0.05) is 26.2 Å². The van der Waals surface area contributed by atoms with E-state index in [1.165, 1.54) is 13.8 Å². The normalized spacial score (nSPS) is 11.7. The molecule has 0 rings (SSSR count). The van der Waals surface area contributed by atoms with Gasteiger partial charge in [-0.05, 0) is 12.8 Å². The van der Waals surface area contributed by atoms with E-state index in [1.807, 2.05) is 0 Å². The highest BCUT2D eigenvalue weighted by Crippen LogP contribution is 2.12. The van der Waals surface area contributed by atoms with Gasteiger partial charge in [0.25, 0.3) is 0 Å². The number of esters is 3. The summed E-state index contributed by atoms with van der Waals surface area (Å²) >= 11 is 0. The molecule has 0 aliphatic rings. The maximum absolute atomic E-state index is 11.3. The first kappa shape index (κ1) is 16.6. The lowest BCUT2D eigenvalue weighted by atomic mass is 10.1. The second-order valence-electron chi connectivity index (χ2n) is 4.25. The molecule has 18 heavy (non-hydrogen) atoms. The van der Waals surface area contributed by atoms with E-state index in [0.717, 1.165) is 25.7 Å². The van der Waals surface area contributed by atoms with E-state index in [2.05, 4.69) is 11.7 Å². The summed E-state index contributed by atoms with van der Waals surface area (Å²) in [7, 11) is 0. The van der Waals surface area contributed by atoms with Crippen LogP contribution in [0.1, 0.15) is 59.3 Å². The number of carbonyl (C=O) groups excluding carboxylic acids is 3. The first-order valence-electron chi connectivity index (χ1n) is 6.34. The van der Waals surface area contributed by atoms with Crippen LogP contribution in [0, 0.1) is 0 Å². The molecule has 5 nitrogen and oxygen atoms in total. The van der Waals surface area contributed by atoms with Crippen molar-refractivity contribution in [3.05, 3.63) is 0 Å². The maximum atomic E-state index is 11.3. The van der Waals surface area contributed by atoms with Crippen molar-refractivity contribution in [1.29, 1.82) is 0 Å². The molecule has 0 aromatic heterocycles. The van der Waals surface area contributed by atoms with Crippen LogP contribution in [-0.2, 0) is 23.9 Å². The molecule has 0 aliphatic carbocycles. The van der Waals surface area contributed by atoms with Crippen molar-refractivity contribution in [2.45, 2.75) is 65.4 Å². The average Bonchev–Trinajstić information content (AvgIpc) is 2.22. The number of hydrogen-bond donors (Lipinski definition) is 0. The van der Waals surface area contributed by atoms with Gasteiger partial charge in [-0.3, -0.25) is 14.4 Å². The molecule has 0 aliphatic heterocycles. The van der Waals surface area contributed by atoms with E-state index in [4.69, 9.17) is 4.74 Å². The highest BCUT2D eigenvalue weighted by molar-refractivity contribution is 5.84. The zero-order valence-corrected chi connectivity index (χ0v) is 11.4. The van der Waals surface area contributed by atoms with E-state index in [-0.39, 0.29) is 6.42 Å². The monoisotopic (exact) mass is 258 g/mol. The summed E-state index contributed by atoms with van der Waals surface area (Å²) in [5.74, 6) is -1.72. The summed E-state index contributed by atoms with van der Waals surface area (Å²) in [5.41, 5.74) is 0. The Bertz CT molecular complexity index is 285. The van der Waals surface area contributed by atoms with Gasteiger partial charge in [0.15, 0.2) is 0 Å². The van der Waals surface area contributed by atoms with E-state index in [0.29, 0.717) is 6.42 Å². The molecule has 104 valence electrons. The molecule has 0 heterocycles. The van der Waals surface area contributed by atoms with Gasteiger partial charge in [0.05, 0.1) is 6.42 Å². The zero-order valence-electron chi connectivity index (χ0n) is 11.4. The van der Waals surface area contributed by atoms with Crippen LogP contribution in [-0.4, -0.2) is 24.0 Å². The molecule has 1 unspecified atom stereocenters. The number of hydrogen-bond acceptors (Lipinski definition) is 5. The van der Waals surface area contributed by atoms with Crippen molar-refractivity contribution in [2.24, 2.45) is 0 Å². The minimum absolute atomic E-state index is 0.0642. The Hall–Kier alpha value is -1.39. The van der Waals surface area contributed by atoms with Gasteiger partial charge in [-0.2, -0.15) is 0 Å². The highest BCUT2D eigenvalue weighted by atomic mass is 16.6. The van der Waals surface area contributed by atoms with E-state index < -0.39 is 24.0 Å². The van der Waals surface area contributed by atoms with Gasteiger partial charge in [-0.15, -0.1) is 0 Å². The quantitative estimate of drug-likeness (QED) is 0.380. The molecule has 0 aromatic rings. The van der Waals surface area contributed by atoms with Gasteiger partial charge in [-0.25, -0.2) is 0 Å². The van der Waals surface area contributed by atoms with Gasteiger partial charge < -0.3 is 9.47 Å². The molecule has 0 amide bonds.